The number of hydrogen-bond acceptors (Lipinski definition) is 7. The lowest BCUT2D eigenvalue weighted by Gasteiger charge is -2.36. The maximum atomic E-state index is 10.1. The van der Waals surface area contributed by atoms with Gasteiger partial charge in [0.25, 0.3) is 0 Å². The number of carbonyl (C=O) groups excluding carboxylic acids is 1. The molecule has 41 heavy (non-hydrogen) atoms. The number of anilines is 2. The normalized spacial score (nSPS) is 15.0. The van der Waals surface area contributed by atoms with Crippen molar-refractivity contribution < 1.29 is 9.53 Å². The molecule has 0 amide bonds. The molecule has 4 rings (SSSR count). The Bertz CT molecular complexity index is 1260. The predicted octanol–water partition coefficient (Wildman–Crippen LogP) is 6.54. The number of nitrogens with zero attached hydrogens (tertiary/aromatic N) is 5. The minimum atomic E-state index is 0.236. The summed E-state index contributed by atoms with van der Waals surface area (Å²) < 4.78 is 6.18. The molecule has 0 spiro atoms. The lowest BCUT2D eigenvalue weighted by molar-refractivity contribution is -0.111. The van der Waals surface area contributed by atoms with Crippen LogP contribution in [0.25, 0.3) is 10.9 Å². The second kappa shape index (κ2) is 16.1. The van der Waals surface area contributed by atoms with E-state index >= 15 is 0 Å². The number of carbonyl (C=O) groups is 1. The molecule has 0 aliphatic carbocycles. The Labute approximate surface area is 247 Å². The van der Waals surface area contributed by atoms with Crippen LogP contribution in [0.5, 0.6) is 5.75 Å². The van der Waals surface area contributed by atoms with E-state index in [0.29, 0.717) is 5.92 Å². The summed E-state index contributed by atoms with van der Waals surface area (Å²) in [5, 5.41) is 1.14. The first-order chi connectivity index (χ1) is 19.8. The monoisotopic (exact) mass is 559 g/mol. The van der Waals surface area contributed by atoms with Gasteiger partial charge in [-0.05, 0) is 55.6 Å². The van der Waals surface area contributed by atoms with Crippen LogP contribution < -0.4 is 14.5 Å². The number of ether oxygens (including phenoxy) is 1. The van der Waals surface area contributed by atoms with Gasteiger partial charge in [0.2, 0.25) is 0 Å². The molecule has 2 heterocycles. The molecular weight excluding hydrogens is 510 g/mol. The number of piperazine rings is 1. The van der Waals surface area contributed by atoms with Crippen LogP contribution >= 0.6 is 0 Å². The Morgan fingerprint density at radius 3 is 2.46 bits per heavy atom. The minimum absolute atomic E-state index is 0.236. The first-order valence-electron chi connectivity index (χ1n) is 15.1. The van der Waals surface area contributed by atoms with E-state index in [1.54, 1.807) is 0 Å². The Kier molecular flexibility index (Phi) is 12.6. The maximum Gasteiger partial charge on any atom is 0.146 e. The van der Waals surface area contributed by atoms with Gasteiger partial charge < -0.3 is 19.3 Å². The van der Waals surface area contributed by atoms with Gasteiger partial charge in [-0.3, -0.25) is 4.90 Å². The van der Waals surface area contributed by atoms with Gasteiger partial charge in [0, 0.05) is 63.0 Å². The number of aromatic nitrogens is 2. The second-order valence-electron chi connectivity index (χ2n) is 11.0. The number of hydrogen-bond donors (Lipinski definition) is 0. The molecule has 1 saturated heterocycles. The van der Waals surface area contributed by atoms with Crippen LogP contribution in [-0.4, -0.2) is 67.5 Å². The average molecular weight is 560 g/mol. The molecule has 1 aliphatic rings. The van der Waals surface area contributed by atoms with Crippen molar-refractivity contribution in [1.29, 1.82) is 0 Å². The fraction of sp³-hybridized carbons (Fsp3) is 0.500. The van der Waals surface area contributed by atoms with Crippen LogP contribution in [0.2, 0.25) is 0 Å². The third-order valence-electron chi connectivity index (χ3n) is 8.07. The standard InChI is InChI=1S/C27H35N5O.C7H14O/c1-5-19-33-27-22(9-7-12-26(27)30(4)6-2)13-14-31-15-17-32(18-16-31)25-11-8-10-24-23(25)20-28-21(3)29-24;1-4-6(2)7(3)5-8/h6-12,20H,2,5,13-19H2,1,3-4H3;5-7H,4H2,1-3H3. The van der Waals surface area contributed by atoms with Crippen LogP contribution in [0.15, 0.2) is 55.4 Å². The highest BCUT2D eigenvalue weighted by Crippen LogP contribution is 2.33. The molecular formula is C34H49N5O2. The van der Waals surface area contributed by atoms with Crippen LogP contribution in [0.4, 0.5) is 11.4 Å². The van der Waals surface area contributed by atoms with Crippen molar-refractivity contribution in [2.75, 3.05) is 56.2 Å². The molecule has 3 aromatic rings. The smallest absolute Gasteiger partial charge is 0.146 e. The molecule has 1 aliphatic heterocycles. The summed E-state index contributed by atoms with van der Waals surface area (Å²) in [6, 6.07) is 12.8. The molecule has 222 valence electrons. The number of aldehydes is 1. The predicted molar refractivity (Wildman–Crippen MR) is 172 cm³/mol. The van der Waals surface area contributed by atoms with Gasteiger partial charge in [-0.2, -0.15) is 0 Å². The van der Waals surface area contributed by atoms with Gasteiger partial charge in [-0.15, -0.1) is 0 Å². The molecule has 2 aromatic carbocycles. The fourth-order valence-corrected chi connectivity index (χ4v) is 4.92. The molecule has 0 saturated carbocycles. The van der Waals surface area contributed by atoms with Crippen molar-refractivity contribution in [3.05, 3.63) is 66.8 Å². The maximum absolute atomic E-state index is 10.1. The highest BCUT2D eigenvalue weighted by atomic mass is 16.5. The zero-order valence-electron chi connectivity index (χ0n) is 26.0. The van der Waals surface area contributed by atoms with E-state index in [4.69, 9.17) is 4.74 Å². The third kappa shape index (κ3) is 8.77. The summed E-state index contributed by atoms with van der Waals surface area (Å²) in [5.74, 6) is 2.59. The van der Waals surface area contributed by atoms with Crippen molar-refractivity contribution in [3.63, 3.8) is 0 Å². The van der Waals surface area contributed by atoms with Crippen molar-refractivity contribution in [3.8, 4) is 5.75 Å². The lowest BCUT2D eigenvalue weighted by Crippen LogP contribution is -2.47. The zero-order valence-corrected chi connectivity index (χ0v) is 26.0. The third-order valence-corrected chi connectivity index (χ3v) is 8.07. The van der Waals surface area contributed by atoms with E-state index < -0.39 is 0 Å². The number of aryl methyl sites for hydroxylation is 1. The Morgan fingerprint density at radius 1 is 1.10 bits per heavy atom. The first kappa shape index (κ1) is 32.1. The molecule has 0 radical (unpaired) electrons. The summed E-state index contributed by atoms with van der Waals surface area (Å²) in [7, 11) is 2.02. The first-order valence-corrected chi connectivity index (χ1v) is 15.1. The molecule has 0 N–H and O–H groups in total. The van der Waals surface area contributed by atoms with Gasteiger partial charge in [0.1, 0.15) is 17.9 Å². The molecule has 7 heteroatoms. The molecule has 1 fully saturated rings. The Hall–Kier alpha value is -3.45. The Balaban J connectivity index is 0.000000507. The SMILES string of the molecule is C=CN(C)c1cccc(CCN2CCN(c3cccc4nc(C)ncc34)CC2)c1OCCC.CCC(C)C(C)C=O. The van der Waals surface area contributed by atoms with E-state index in [1.165, 1.54) is 11.3 Å². The molecule has 7 nitrogen and oxygen atoms in total. The van der Waals surface area contributed by atoms with E-state index in [0.717, 1.165) is 93.0 Å². The van der Waals surface area contributed by atoms with Crippen LogP contribution in [0, 0.1) is 18.8 Å². The molecule has 1 aromatic heterocycles. The van der Waals surface area contributed by atoms with Crippen molar-refractivity contribution in [2.24, 2.45) is 11.8 Å². The summed E-state index contributed by atoms with van der Waals surface area (Å²) in [6.07, 6.45) is 7.88. The second-order valence-corrected chi connectivity index (χ2v) is 11.0. The largest absolute Gasteiger partial charge is 0.491 e. The number of fused-ring (bicyclic) bond motifs is 1. The Morgan fingerprint density at radius 2 is 1.83 bits per heavy atom. The van der Waals surface area contributed by atoms with Gasteiger partial charge in [0.05, 0.1) is 17.8 Å². The summed E-state index contributed by atoms with van der Waals surface area (Å²) >= 11 is 0. The van der Waals surface area contributed by atoms with E-state index in [1.807, 2.05) is 38.2 Å². The zero-order chi connectivity index (χ0) is 29.8. The van der Waals surface area contributed by atoms with Crippen LogP contribution in [0.3, 0.4) is 0 Å². The van der Waals surface area contributed by atoms with E-state index in [-0.39, 0.29) is 5.92 Å². The van der Waals surface area contributed by atoms with Crippen molar-refractivity contribution >= 4 is 28.6 Å². The summed E-state index contributed by atoms with van der Waals surface area (Å²) in [4.78, 5) is 26.2. The average Bonchev–Trinajstić information content (AvgIpc) is 3.01. The quantitative estimate of drug-likeness (QED) is 0.234. The van der Waals surface area contributed by atoms with Crippen LogP contribution in [-0.2, 0) is 11.2 Å². The van der Waals surface area contributed by atoms with Gasteiger partial charge in [0.15, 0.2) is 0 Å². The van der Waals surface area contributed by atoms with Gasteiger partial charge in [-0.1, -0.05) is 58.9 Å². The fourth-order valence-electron chi connectivity index (χ4n) is 4.92. The minimum Gasteiger partial charge on any atom is -0.491 e. The summed E-state index contributed by atoms with van der Waals surface area (Å²) in [5.41, 5.74) is 4.60. The molecule has 0 bridgehead atoms. The topological polar surface area (TPSA) is 61.8 Å². The number of benzene rings is 2. The highest BCUT2D eigenvalue weighted by Gasteiger charge is 2.20. The number of para-hydroxylation sites is 1. The number of rotatable bonds is 12. The molecule has 2 atom stereocenters. The van der Waals surface area contributed by atoms with Crippen molar-refractivity contribution in [1.82, 2.24) is 14.9 Å². The summed E-state index contributed by atoms with van der Waals surface area (Å²) in [6.45, 7) is 20.0. The highest BCUT2D eigenvalue weighted by molar-refractivity contribution is 5.91. The molecule has 2 unspecified atom stereocenters. The van der Waals surface area contributed by atoms with E-state index in [9.17, 15) is 4.79 Å². The van der Waals surface area contributed by atoms with Crippen molar-refractivity contribution in [2.45, 2.75) is 53.9 Å². The van der Waals surface area contributed by atoms with Gasteiger partial charge in [-0.25, -0.2) is 9.97 Å². The van der Waals surface area contributed by atoms with E-state index in [2.05, 4.69) is 83.5 Å². The van der Waals surface area contributed by atoms with Crippen LogP contribution in [0.1, 0.15) is 51.9 Å². The lowest BCUT2D eigenvalue weighted by atomic mass is 9.95. The van der Waals surface area contributed by atoms with Gasteiger partial charge >= 0.3 is 0 Å².